The lowest BCUT2D eigenvalue weighted by molar-refractivity contribution is -0.152. The van der Waals surface area contributed by atoms with E-state index in [1.54, 1.807) is 0 Å². The van der Waals surface area contributed by atoms with Crippen LogP contribution in [-0.2, 0) is 14.3 Å². The van der Waals surface area contributed by atoms with Crippen LogP contribution in [-0.4, -0.2) is 54.3 Å². The Morgan fingerprint density at radius 1 is 1.36 bits per heavy atom. The topological polar surface area (TPSA) is 148 Å². The Morgan fingerprint density at radius 3 is 2.52 bits per heavy atom. The van der Waals surface area contributed by atoms with Crippen LogP contribution in [0.1, 0.15) is 39.5 Å². The van der Waals surface area contributed by atoms with Crippen molar-refractivity contribution in [3.63, 3.8) is 0 Å². The molecule has 0 spiro atoms. The van der Waals surface area contributed by atoms with Crippen molar-refractivity contribution < 1.29 is 24.4 Å². The second-order valence-corrected chi connectivity index (χ2v) is 7.45. The molecule has 1 rings (SSSR count). The highest BCUT2D eigenvalue weighted by molar-refractivity contribution is 6.40. The molecule has 0 heterocycles. The van der Waals surface area contributed by atoms with Crippen molar-refractivity contribution in [2.75, 3.05) is 13.7 Å². The van der Waals surface area contributed by atoms with Gasteiger partial charge in [-0.05, 0) is 37.4 Å². The lowest BCUT2D eigenvalue weighted by Crippen LogP contribution is -2.61. The molecule has 0 aromatic rings. The fraction of sp³-hybridized carbons (Fsp3) is 0.875. The molecule has 144 valence electrons. The molecule has 0 radical (unpaired) electrons. The van der Waals surface area contributed by atoms with Crippen molar-refractivity contribution in [3.8, 4) is 0 Å². The van der Waals surface area contributed by atoms with E-state index in [1.165, 1.54) is 7.11 Å². The second kappa shape index (κ2) is 9.52. The summed E-state index contributed by atoms with van der Waals surface area (Å²) >= 11 is 0. The van der Waals surface area contributed by atoms with Gasteiger partial charge in [0.1, 0.15) is 5.54 Å². The van der Waals surface area contributed by atoms with E-state index < -0.39 is 24.7 Å². The monoisotopic (exact) mass is 357 g/mol. The maximum Gasteiger partial charge on any atom is 0.451 e. The van der Waals surface area contributed by atoms with Crippen molar-refractivity contribution in [1.82, 2.24) is 5.32 Å². The van der Waals surface area contributed by atoms with Gasteiger partial charge in [0, 0.05) is 12.5 Å². The first-order valence-electron chi connectivity index (χ1n) is 8.88. The molecule has 9 heteroatoms. The van der Waals surface area contributed by atoms with Gasteiger partial charge in [0.05, 0.1) is 13.2 Å². The summed E-state index contributed by atoms with van der Waals surface area (Å²) in [7, 11) is -0.0673. The van der Waals surface area contributed by atoms with Crippen molar-refractivity contribution >= 4 is 19.0 Å². The molecule has 0 aliphatic heterocycles. The van der Waals surface area contributed by atoms with E-state index >= 15 is 0 Å². The number of hydrogen-bond donors (Lipinski definition) is 5. The summed E-state index contributed by atoms with van der Waals surface area (Å²) in [6.07, 6.45) is 2.66. The molecular formula is C16H32BN3O5. The number of carbonyl (C=O) groups excluding carboxylic acids is 2. The van der Waals surface area contributed by atoms with Crippen LogP contribution in [0.2, 0.25) is 6.32 Å². The van der Waals surface area contributed by atoms with Gasteiger partial charge in [-0.1, -0.05) is 20.3 Å². The van der Waals surface area contributed by atoms with Gasteiger partial charge in [0.15, 0.2) is 0 Å². The van der Waals surface area contributed by atoms with Crippen LogP contribution < -0.4 is 16.8 Å². The Hall–Kier alpha value is -1.16. The van der Waals surface area contributed by atoms with Crippen molar-refractivity contribution in [1.29, 1.82) is 0 Å². The third-order valence-electron chi connectivity index (χ3n) is 5.22. The number of carbonyl (C=O) groups is 2. The quantitative estimate of drug-likeness (QED) is 0.283. The van der Waals surface area contributed by atoms with E-state index in [2.05, 4.69) is 5.32 Å². The third-order valence-corrected chi connectivity index (χ3v) is 5.22. The third kappa shape index (κ3) is 5.95. The van der Waals surface area contributed by atoms with Crippen LogP contribution in [0.25, 0.3) is 0 Å². The smallest absolute Gasteiger partial charge is 0.451 e. The normalized spacial score (nSPS) is 27.7. The number of ether oxygens (including phenoxy) is 1. The molecule has 1 amide bonds. The number of esters is 1. The van der Waals surface area contributed by atoms with Crippen molar-refractivity contribution in [2.45, 2.75) is 57.4 Å². The fourth-order valence-corrected chi connectivity index (χ4v) is 3.44. The molecule has 1 aliphatic rings. The predicted octanol–water partition coefficient (Wildman–Crippen LogP) is -0.764. The van der Waals surface area contributed by atoms with Gasteiger partial charge >= 0.3 is 13.1 Å². The molecule has 8 nitrogen and oxygen atoms in total. The lowest BCUT2D eigenvalue weighted by Gasteiger charge is -2.42. The van der Waals surface area contributed by atoms with Gasteiger partial charge < -0.3 is 31.6 Å². The molecule has 0 unspecified atom stereocenters. The van der Waals surface area contributed by atoms with Gasteiger partial charge in [0.25, 0.3) is 0 Å². The standard InChI is InChI=1S/C16H32BN3O5/c1-10(2)13(18)14(21)20-9-12-5-4-11(6-7-17(23)24)8-16(12,19)15(22)25-3/h10-13,23-24H,4-9,18-19H2,1-3H3,(H,20,21)/t11-,12-,13-,16+/m0/s1. The maximum absolute atomic E-state index is 12.3. The number of nitrogens with two attached hydrogens (primary N) is 2. The highest BCUT2D eigenvalue weighted by Gasteiger charge is 2.47. The van der Waals surface area contributed by atoms with Crippen LogP contribution in [0.3, 0.4) is 0 Å². The zero-order chi connectivity index (χ0) is 19.2. The maximum atomic E-state index is 12.3. The summed E-state index contributed by atoms with van der Waals surface area (Å²) in [5, 5.41) is 20.9. The average Bonchev–Trinajstić information content (AvgIpc) is 2.56. The second-order valence-electron chi connectivity index (χ2n) is 7.45. The molecule has 1 fully saturated rings. The minimum absolute atomic E-state index is 0.0175. The molecule has 1 saturated carbocycles. The molecule has 0 saturated heterocycles. The van der Waals surface area contributed by atoms with Crippen molar-refractivity contribution in [2.24, 2.45) is 29.2 Å². The molecule has 0 bridgehead atoms. The molecular weight excluding hydrogens is 325 g/mol. The van der Waals surface area contributed by atoms with Crippen LogP contribution in [0.4, 0.5) is 0 Å². The summed E-state index contributed by atoms with van der Waals surface area (Å²) in [4.78, 5) is 24.4. The Morgan fingerprint density at radius 2 is 2.00 bits per heavy atom. The van der Waals surface area contributed by atoms with Gasteiger partial charge in [-0.2, -0.15) is 0 Å². The molecule has 0 aromatic heterocycles. The van der Waals surface area contributed by atoms with Gasteiger partial charge in [-0.3, -0.25) is 9.59 Å². The summed E-state index contributed by atoms with van der Waals surface area (Å²) in [5.41, 5.74) is 11.0. The minimum Gasteiger partial charge on any atom is -0.468 e. The van der Waals surface area contributed by atoms with Crippen molar-refractivity contribution in [3.05, 3.63) is 0 Å². The zero-order valence-electron chi connectivity index (χ0n) is 15.4. The Balaban J connectivity index is 2.74. The lowest BCUT2D eigenvalue weighted by atomic mass is 9.66. The first-order chi connectivity index (χ1) is 11.6. The molecule has 1 aliphatic carbocycles. The summed E-state index contributed by atoms with van der Waals surface area (Å²) < 4.78 is 4.89. The van der Waals surface area contributed by atoms with Crippen LogP contribution >= 0.6 is 0 Å². The number of amides is 1. The summed E-state index contributed by atoms with van der Waals surface area (Å²) in [6.45, 7) is 4.00. The molecule has 4 atom stereocenters. The van der Waals surface area contributed by atoms with E-state index in [1.807, 2.05) is 13.8 Å². The van der Waals surface area contributed by atoms with E-state index in [-0.39, 0.29) is 36.5 Å². The van der Waals surface area contributed by atoms with Crippen LogP contribution in [0, 0.1) is 17.8 Å². The molecule has 0 aromatic carbocycles. The van der Waals surface area contributed by atoms with Crippen LogP contribution in [0.5, 0.6) is 0 Å². The number of nitrogens with one attached hydrogen (secondary N) is 1. The average molecular weight is 357 g/mol. The number of methoxy groups -OCH3 is 1. The summed E-state index contributed by atoms with van der Waals surface area (Å²) in [6, 6.07) is -0.604. The first kappa shape index (κ1) is 21.9. The van der Waals surface area contributed by atoms with E-state index in [0.717, 1.165) is 6.42 Å². The molecule has 7 N–H and O–H groups in total. The zero-order valence-corrected chi connectivity index (χ0v) is 15.4. The Kier molecular flexibility index (Phi) is 8.33. The Bertz CT molecular complexity index is 463. The van der Waals surface area contributed by atoms with Gasteiger partial charge in [-0.15, -0.1) is 0 Å². The van der Waals surface area contributed by atoms with E-state index in [0.29, 0.717) is 19.3 Å². The van der Waals surface area contributed by atoms with Gasteiger partial charge in [-0.25, -0.2) is 0 Å². The first-order valence-corrected chi connectivity index (χ1v) is 8.88. The molecule has 25 heavy (non-hydrogen) atoms. The summed E-state index contributed by atoms with van der Waals surface area (Å²) in [5.74, 6) is -0.889. The largest absolute Gasteiger partial charge is 0.468 e. The highest BCUT2D eigenvalue weighted by Crippen LogP contribution is 2.38. The van der Waals surface area contributed by atoms with E-state index in [9.17, 15) is 9.59 Å². The van der Waals surface area contributed by atoms with Gasteiger partial charge in [0.2, 0.25) is 5.91 Å². The number of rotatable bonds is 8. The number of hydrogen-bond acceptors (Lipinski definition) is 7. The minimum atomic E-state index is -1.36. The fourth-order valence-electron chi connectivity index (χ4n) is 3.44. The highest BCUT2D eigenvalue weighted by atomic mass is 16.5. The van der Waals surface area contributed by atoms with E-state index in [4.69, 9.17) is 26.3 Å². The Labute approximate surface area is 149 Å². The predicted molar refractivity (Wildman–Crippen MR) is 95.2 cm³/mol. The van der Waals surface area contributed by atoms with Crippen LogP contribution in [0.15, 0.2) is 0 Å². The SMILES string of the molecule is COC(=O)[C@@]1(N)C[C@H](CCB(O)O)CC[C@H]1CNC(=O)[C@@H](N)C(C)C.